The van der Waals surface area contributed by atoms with Crippen LogP contribution in [0, 0.1) is 0 Å². The molecule has 2 heterocycles. The minimum absolute atomic E-state index is 0.0992. The Kier molecular flexibility index (Phi) is 6.15. The average molecular weight is 597 g/mol. The number of benzene rings is 5. The van der Waals surface area contributed by atoms with Crippen LogP contribution in [-0.4, -0.2) is 9.13 Å². The fourth-order valence-corrected chi connectivity index (χ4v) is 7.97. The molecular formula is C44H40N2. The molecule has 0 spiro atoms. The molecule has 46 heavy (non-hydrogen) atoms. The first kappa shape index (κ1) is 28.4. The standard InChI is InChI=1S/C44H40N2/c1-8-10-15-29(9-2)45-38-25-24-33-31-16-11-13-18-36(31)44(6,7)42(33)41(38)35-26-34-32-17-12-14-19-37(32)46(39(34)27-40(35)45)30-22-20-28(21-23-30)43(3,4)5/h8-27H,1H2,2-7H3/b15-10-,29-9+. The zero-order valence-electron chi connectivity index (χ0n) is 27.6. The summed E-state index contributed by atoms with van der Waals surface area (Å²) in [5.41, 5.74) is 14.0. The van der Waals surface area contributed by atoms with Crippen molar-refractivity contribution in [3.63, 3.8) is 0 Å². The summed E-state index contributed by atoms with van der Waals surface area (Å²) in [5.74, 6) is 0. The highest BCUT2D eigenvalue weighted by molar-refractivity contribution is 6.21. The van der Waals surface area contributed by atoms with Gasteiger partial charge in [0.2, 0.25) is 0 Å². The summed E-state index contributed by atoms with van der Waals surface area (Å²) in [6, 6.07) is 36.5. The van der Waals surface area contributed by atoms with Crippen molar-refractivity contribution >= 4 is 49.3 Å². The molecule has 0 fully saturated rings. The van der Waals surface area contributed by atoms with Gasteiger partial charge in [-0.1, -0.05) is 120 Å². The molecule has 0 atom stereocenters. The van der Waals surface area contributed by atoms with Gasteiger partial charge in [0.1, 0.15) is 0 Å². The topological polar surface area (TPSA) is 9.86 Å². The normalized spacial score (nSPS) is 14.6. The SMILES string of the molecule is C=C/C=C\C(=C/C)n1c2cc3c(cc2c2c4c(ccc21)-c1ccccc1C4(C)C)c1ccccc1n3-c1ccc(C(C)(C)C)cc1. The van der Waals surface area contributed by atoms with Crippen molar-refractivity contribution in [2.75, 3.05) is 0 Å². The minimum Gasteiger partial charge on any atom is -0.309 e. The summed E-state index contributed by atoms with van der Waals surface area (Å²) in [4.78, 5) is 0. The Morgan fingerprint density at radius 2 is 1.46 bits per heavy atom. The van der Waals surface area contributed by atoms with Gasteiger partial charge in [-0.3, -0.25) is 0 Å². The highest BCUT2D eigenvalue weighted by Crippen LogP contribution is 2.53. The molecule has 0 bridgehead atoms. The third-order valence-electron chi connectivity index (χ3n) is 10.2. The van der Waals surface area contributed by atoms with Crippen LogP contribution >= 0.6 is 0 Å². The van der Waals surface area contributed by atoms with Crippen LogP contribution in [0.5, 0.6) is 0 Å². The van der Waals surface area contributed by atoms with Crippen molar-refractivity contribution in [2.45, 2.75) is 52.4 Å². The molecular weight excluding hydrogens is 556 g/mol. The summed E-state index contributed by atoms with van der Waals surface area (Å²) in [6.45, 7) is 17.7. The molecule has 0 N–H and O–H groups in total. The molecule has 8 rings (SSSR count). The molecule has 0 aliphatic heterocycles. The lowest BCUT2D eigenvalue weighted by molar-refractivity contribution is 0.590. The Hall–Kier alpha value is -5.08. The molecule has 0 saturated heterocycles. The van der Waals surface area contributed by atoms with Crippen molar-refractivity contribution < 1.29 is 0 Å². The van der Waals surface area contributed by atoms with Gasteiger partial charge >= 0.3 is 0 Å². The van der Waals surface area contributed by atoms with Gasteiger partial charge in [0.25, 0.3) is 0 Å². The van der Waals surface area contributed by atoms with Gasteiger partial charge in [0.15, 0.2) is 0 Å². The van der Waals surface area contributed by atoms with Crippen LogP contribution in [0.3, 0.4) is 0 Å². The first-order chi connectivity index (χ1) is 22.1. The molecule has 0 amide bonds. The molecule has 2 aromatic heterocycles. The van der Waals surface area contributed by atoms with Crippen LogP contribution < -0.4 is 0 Å². The van der Waals surface area contributed by atoms with Crippen molar-refractivity contribution in [3.05, 3.63) is 145 Å². The van der Waals surface area contributed by atoms with E-state index >= 15 is 0 Å². The van der Waals surface area contributed by atoms with E-state index in [1.54, 1.807) is 0 Å². The first-order valence-electron chi connectivity index (χ1n) is 16.4. The largest absolute Gasteiger partial charge is 0.309 e. The molecule has 2 heteroatoms. The fourth-order valence-electron chi connectivity index (χ4n) is 7.97. The van der Waals surface area contributed by atoms with Crippen LogP contribution in [0.25, 0.3) is 66.1 Å². The second-order valence-corrected chi connectivity index (χ2v) is 14.2. The Labute approximate surface area is 271 Å². The second kappa shape index (κ2) is 9.96. The van der Waals surface area contributed by atoms with Crippen LogP contribution in [-0.2, 0) is 10.8 Å². The van der Waals surface area contributed by atoms with Crippen molar-refractivity contribution in [1.29, 1.82) is 0 Å². The van der Waals surface area contributed by atoms with Crippen molar-refractivity contribution in [1.82, 2.24) is 9.13 Å². The van der Waals surface area contributed by atoms with Gasteiger partial charge < -0.3 is 9.13 Å². The molecule has 2 nitrogen and oxygen atoms in total. The van der Waals surface area contributed by atoms with E-state index in [0.717, 1.165) is 5.70 Å². The number of aromatic nitrogens is 2. The average Bonchev–Trinajstić information content (AvgIpc) is 3.63. The molecule has 1 aliphatic carbocycles. The quantitative estimate of drug-likeness (QED) is 0.179. The number of allylic oxidation sites excluding steroid dienone is 5. The van der Waals surface area contributed by atoms with E-state index in [0.29, 0.717) is 0 Å². The van der Waals surface area contributed by atoms with Gasteiger partial charge in [0, 0.05) is 38.3 Å². The van der Waals surface area contributed by atoms with Crippen LogP contribution in [0.4, 0.5) is 0 Å². The number of fused-ring (bicyclic) bond motifs is 10. The monoisotopic (exact) mass is 596 g/mol. The number of rotatable bonds is 4. The molecule has 226 valence electrons. The zero-order chi connectivity index (χ0) is 32.0. The lowest BCUT2D eigenvalue weighted by Gasteiger charge is -2.22. The van der Waals surface area contributed by atoms with Crippen LogP contribution in [0.15, 0.2) is 128 Å². The lowest BCUT2D eigenvalue weighted by atomic mass is 9.80. The van der Waals surface area contributed by atoms with Crippen molar-refractivity contribution in [2.24, 2.45) is 0 Å². The van der Waals surface area contributed by atoms with Crippen LogP contribution in [0.2, 0.25) is 0 Å². The Bertz CT molecular complexity index is 2430. The van der Waals surface area contributed by atoms with Crippen LogP contribution in [0.1, 0.15) is 58.2 Å². The number of hydrogen-bond acceptors (Lipinski definition) is 0. The first-order valence-corrected chi connectivity index (χ1v) is 16.4. The van der Waals surface area contributed by atoms with Gasteiger partial charge in [0.05, 0.1) is 22.1 Å². The third-order valence-corrected chi connectivity index (χ3v) is 10.2. The third kappa shape index (κ3) is 3.89. The zero-order valence-corrected chi connectivity index (χ0v) is 27.6. The smallest absolute Gasteiger partial charge is 0.0562 e. The maximum absolute atomic E-state index is 3.97. The molecule has 0 saturated carbocycles. The summed E-state index contributed by atoms with van der Waals surface area (Å²) >= 11 is 0. The molecule has 1 aliphatic rings. The van der Waals surface area contributed by atoms with Gasteiger partial charge in [-0.25, -0.2) is 0 Å². The molecule has 0 radical (unpaired) electrons. The van der Waals surface area contributed by atoms with E-state index in [1.807, 2.05) is 12.2 Å². The predicted molar refractivity (Wildman–Crippen MR) is 199 cm³/mol. The highest BCUT2D eigenvalue weighted by Gasteiger charge is 2.38. The molecule has 7 aromatic rings. The number of para-hydroxylation sites is 1. The van der Waals surface area contributed by atoms with Crippen molar-refractivity contribution in [3.8, 4) is 16.8 Å². The lowest BCUT2D eigenvalue weighted by Crippen LogP contribution is -2.15. The maximum Gasteiger partial charge on any atom is 0.0562 e. The summed E-state index contributed by atoms with van der Waals surface area (Å²) in [7, 11) is 0. The van der Waals surface area contributed by atoms with E-state index in [1.165, 1.54) is 77.1 Å². The second-order valence-electron chi connectivity index (χ2n) is 14.2. The fraction of sp³-hybridized carbons (Fsp3) is 0.182. The maximum atomic E-state index is 3.97. The summed E-state index contributed by atoms with van der Waals surface area (Å²) < 4.78 is 4.89. The predicted octanol–water partition coefficient (Wildman–Crippen LogP) is 12.1. The van der Waals surface area contributed by atoms with Gasteiger partial charge in [-0.15, -0.1) is 0 Å². The molecule has 5 aromatic carbocycles. The number of hydrogen-bond donors (Lipinski definition) is 0. The Morgan fingerprint density at radius 1 is 0.717 bits per heavy atom. The van der Waals surface area contributed by atoms with E-state index in [2.05, 4.69) is 166 Å². The van der Waals surface area contributed by atoms with Gasteiger partial charge in [-0.2, -0.15) is 0 Å². The van der Waals surface area contributed by atoms with E-state index in [4.69, 9.17) is 0 Å². The summed E-state index contributed by atoms with van der Waals surface area (Å²) in [5, 5.41) is 5.18. The van der Waals surface area contributed by atoms with Gasteiger partial charge in [-0.05, 0) is 82.6 Å². The van der Waals surface area contributed by atoms with E-state index < -0.39 is 0 Å². The summed E-state index contributed by atoms with van der Waals surface area (Å²) in [6.07, 6.45) is 8.26. The Morgan fingerprint density at radius 3 is 2.20 bits per heavy atom. The highest BCUT2D eigenvalue weighted by atomic mass is 15.0. The van der Waals surface area contributed by atoms with E-state index in [9.17, 15) is 0 Å². The van der Waals surface area contributed by atoms with E-state index in [-0.39, 0.29) is 10.8 Å². The minimum atomic E-state index is -0.130. The number of nitrogens with zero attached hydrogens (tertiary/aromatic N) is 2. The Balaban J connectivity index is 1.54. The molecule has 0 unspecified atom stereocenters.